The third-order valence-corrected chi connectivity index (χ3v) is 4.51. The smallest absolute Gasteiger partial charge is 0.0833 e. The average Bonchev–Trinajstić information content (AvgIpc) is 2.66. The van der Waals surface area contributed by atoms with Crippen molar-refractivity contribution in [2.24, 2.45) is 0 Å². The molecule has 1 saturated heterocycles. The first-order valence-electron chi connectivity index (χ1n) is 5.28. The van der Waals surface area contributed by atoms with Crippen LogP contribution in [0.3, 0.4) is 0 Å². The molecule has 1 aliphatic heterocycles. The molecule has 0 radical (unpaired) electrons. The van der Waals surface area contributed by atoms with E-state index in [0.29, 0.717) is 0 Å². The van der Waals surface area contributed by atoms with Gasteiger partial charge in [0.25, 0.3) is 0 Å². The van der Waals surface area contributed by atoms with Crippen LogP contribution in [-0.4, -0.2) is 17.8 Å². The lowest BCUT2D eigenvalue weighted by atomic mass is 10.0. The molecule has 0 bridgehead atoms. The van der Waals surface area contributed by atoms with Crippen molar-refractivity contribution in [3.05, 3.63) is 20.8 Å². The minimum Gasteiger partial charge on any atom is -0.388 e. The van der Waals surface area contributed by atoms with Crippen LogP contribution in [0.15, 0.2) is 15.2 Å². The minimum absolute atomic E-state index is 0.237. The molecule has 2 heterocycles. The van der Waals surface area contributed by atoms with Crippen molar-refractivity contribution in [3.8, 4) is 0 Å². The molecule has 1 aromatic rings. The van der Waals surface area contributed by atoms with Gasteiger partial charge in [0, 0.05) is 28.4 Å². The Morgan fingerprint density at radius 2 is 2.40 bits per heavy atom. The van der Waals surface area contributed by atoms with Crippen molar-refractivity contribution in [2.45, 2.75) is 37.9 Å². The van der Waals surface area contributed by atoms with Gasteiger partial charge in [-0.1, -0.05) is 0 Å². The van der Waals surface area contributed by atoms with Gasteiger partial charge in [0.2, 0.25) is 0 Å². The number of thiophene rings is 1. The van der Waals surface area contributed by atoms with Crippen molar-refractivity contribution in [2.75, 3.05) is 6.61 Å². The molecular formula is C11H15BrO2S. The number of rotatable bonds is 3. The first kappa shape index (κ1) is 11.6. The third-order valence-electron chi connectivity index (χ3n) is 2.76. The van der Waals surface area contributed by atoms with E-state index in [4.69, 9.17) is 4.74 Å². The topological polar surface area (TPSA) is 29.5 Å². The van der Waals surface area contributed by atoms with Crippen molar-refractivity contribution < 1.29 is 9.84 Å². The number of aliphatic hydroxyl groups excluding tert-OH is 1. The van der Waals surface area contributed by atoms with E-state index >= 15 is 0 Å². The van der Waals surface area contributed by atoms with Crippen LogP contribution in [-0.2, 0) is 4.74 Å². The van der Waals surface area contributed by atoms with Gasteiger partial charge in [-0.15, -0.1) is 0 Å². The Labute approximate surface area is 102 Å². The summed E-state index contributed by atoms with van der Waals surface area (Å²) in [6, 6.07) is 0. The van der Waals surface area contributed by atoms with Crippen molar-refractivity contribution in [3.63, 3.8) is 0 Å². The maximum atomic E-state index is 10.0. The predicted octanol–water partition coefficient (Wildman–Crippen LogP) is 3.50. The van der Waals surface area contributed by atoms with E-state index in [9.17, 15) is 5.11 Å². The molecule has 2 atom stereocenters. The molecule has 15 heavy (non-hydrogen) atoms. The second kappa shape index (κ2) is 5.43. The van der Waals surface area contributed by atoms with Crippen LogP contribution >= 0.6 is 27.3 Å². The molecule has 0 amide bonds. The number of aliphatic hydroxyl groups is 1. The maximum absolute atomic E-state index is 10.0. The van der Waals surface area contributed by atoms with Crippen molar-refractivity contribution >= 4 is 27.3 Å². The summed E-state index contributed by atoms with van der Waals surface area (Å²) in [6.07, 6.45) is 4.03. The second-order valence-corrected chi connectivity index (χ2v) is 5.51. The molecular weight excluding hydrogens is 276 g/mol. The molecule has 2 unspecified atom stereocenters. The van der Waals surface area contributed by atoms with E-state index in [-0.39, 0.29) is 6.10 Å². The van der Waals surface area contributed by atoms with E-state index in [1.165, 1.54) is 6.42 Å². The lowest BCUT2D eigenvalue weighted by Crippen LogP contribution is -2.21. The van der Waals surface area contributed by atoms with Crippen LogP contribution in [0.2, 0.25) is 0 Å². The number of hydrogen-bond donors (Lipinski definition) is 1. The summed E-state index contributed by atoms with van der Waals surface area (Å²) >= 11 is 5.05. The Morgan fingerprint density at radius 1 is 1.53 bits per heavy atom. The SMILES string of the molecule is OC(CC1CCCCO1)c1cscc1Br. The first-order valence-corrected chi connectivity index (χ1v) is 7.02. The van der Waals surface area contributed by atoms with Crippen LogP contribution in [0.4, 0.5) is 0 Å². The summed E-state index contributed by atoms with van der Waals surface area (Å²) in [5, 5.41) is 14.0. The summed E-state index contributed by atoms with van der Waals surface area (Å²) < 4.78 is 6.62. The summed E-state index contributed by atoms with van der Waals surface area (Å²) in [5.41, 5.74) is 0.995. The highest BCUT2D eigenvalue weighted by Crippen LogP contribution is 2.31. The summed E-state index contributed by atoms with van der Waals surface area (Å²) in [7, 11) is 0. The quantitative estimate of drug-likeness (QED) is 0.923. The van der Waals surface area contributed by atoms with E-state index in [0.717, 1.165) is 35.9 Å². The Kier molecular flexibility index (Phi) is 4.20. The van der Waals surface area contributed by atoms with Gasteiger partial charge in [0.05, 0.1) is 12.2 Å². The molecule has 0 aromatic carbocycles. The second-order valence-electron chi connectivity index (χ2n) is 3.92. The lowest BCUT2D eigenvalue weighted by molar-refractivity contribution is -0.0156. The number of halogens is 1. The molecule has 0 spiro atoms. The molecule has 1 fully saturated rings. The molecule has 1 aliphatic rings. The van der Waals surface area contributed by atoms with E-state index < -0.39 is 6.10 Å². The fraction of sp³-hybridized carbons (Fsp3) is 0.636. The van der Waals surface area contributed by atoms with E-state index in [1.54, 1.807) is 11.3 Å². The van der Waals surface area contributed by atoms with Gasteiger partial charge in [0.15, 0.2) is 0 Å². The maximum Gasteiger partial charge on any atom is 0.0833 e. The molecule has 1 aromatic heterocycles. The highest BCUT2D eigenvalue weighted by atomic mass is 79.9. The fourth-order valence-corrected chi connectivity index (χ4v) is 3.51. The average molecular weight is 291 g/mol. The zero-order valence-corrected chi connectivity index (χ0v) is 10.9. The van der Waals surface area contributed by atoms with Crippen LogP contribution in [0.5, 0.6) is 0 Å². The first-order chi connectivity index (χ1) is 7.27. The van der Waals surface area contributed by atoms with Crippen LogP contribution in [0.1, 0.15) is 37.4 Å². The predicted molar refractivity (Wildman–Crippen MR) is 65.2 cm³/mol. The molecule has 4 heteroatoms. The van der Waals surface area contributed by atoms with Gasteiger partial charge in [-0.3, -0.25) is 0 Å². The Hall–Kier alpha value is 0.100. The van der Waals surface area contributed by atoms with Crippen LogP contribution in [0.25, 0.3) is 0 Å². The normalized spacial score (nSPS) is 24.0. The Balaban J connectivity index is 1.91. The van der Waals surface area contributed by atoms with Gasteiger partial charge in [-0.2, -0.15) is 11.3 Å². The van der Waals surface area contributed by atoms with E-state index in [2.05, 4.69) is 15.9 Å². The van der Waals surface area contributed by atoms with Gasteiger partial charge < -0.3 is 9.84 Å². The molecule has 1 N–H and O–H groups in total. The molecule has 0 aliphatic carbocycles. The van der Waals surface area contributed by atoms with Crippen molar-refractivity contribution in [1.29, 1.82) is 0 Å². The fourth-order valence-electron chi connectivity index (χ4n) is 1.90. The summed E-state index contributed by atoms with van der Waals surface area (Å²) in [5.74, 6) is 0. The number of hydrogen-bond acceptors (Lipinski definition) is 3. The Bertz CT molecular complexity index is 307. The van der Waals surface area contributed by atoms with Gasteiger partial charge in [0.1, 0.15) is 0 Å². The third kappa shape index (κ3) is 3.03. The molecule has 0 saturated carbocycles. The molecule has 2 rings (SSSR count). The highest BCUT2D eigenvalue weighted by Gasteiger charge is 2.20. The van der Waals surface area contributed by atoms with Gasteiger partial charge in [-0.05, 0) is 40.6 Å². The zero-order valence-electron chi connectivity index (χ0n) is 8.49. The monoisotopic (exact) mass is 290 g/mol. The van der Waals surface area contributed by atoms with Crippen LogP contribution < -0.4 is 0 Å². The van der Waals surface area contributed by atoms with Gasteiger partial charge >= 0.3 is 0 Å². The summed E-state index contributed by atoms with van der Waals surface area (Å²) in [4.78, 5) is 0. The van der Waals surface area contributed by atoms with Crippen LogP contribution in [0, 0.1) is 0 Å². The lowest BCUT2D eigenvalue weighted by Gasteiger charge is -2.24. The van der Waals surface area contributed by atoms with Crippen molar-refractivity contribution in [1.82, 2.24) is 0 Å². The molecule has 2 nitrogen and oxygen atoms in total. The summed E-state index contributed by atoms with van der Waals surface area (Å²) in [6.45, 7) is 0.849. The number of ether oxygens (including phenoxy) is 1. The van der Waals surface area contributed by atoms with Gasteiger partial charge in [-0.25, -0.2) is 0 Å². The Morgan fingerprint density at radius 3 is 3.00 bits per heavy atom. The zero-order chi connectivity index (χ0) is 10.7. The largest absolute Gasteiger partial charge is 0.388 e. The van der Waals surface area contributed by atoms with E-state index in [1.807, 2.05) is 10.8 Å². The molecule has 84 valence electrons. The standard InChI is InChI=1S/C11H15BrO2S/c12-10-7-15-6-9(10)11(13)5-8-3-1-2-4-14-8/h6-8,11,13H,1-5H2. The minimum atomic E-state index is -0.395. The highest BCUT2D eigenvalue weighted by molar-refractivity contribution is 9.10.